The van der Waals surface area contributed by atoms with Gasteiger partial charge in [0, 0.05) is 0 Å². The lowest BCUT2D eigenvalue weighted by Gasteiger charge is -2.04. The molecule has 128 valence electrons. The predicted octanol–water partition coefficient (Wildman–Crippen LogP) is 5.44. The van der Waals surface area contributed by atoms with Crippen molar-refractivity contribution < 1.29 is 12.6 Å². The summed E-state index contributed by atoms with van der Waals surface area (Å²) in [6.07, 6.45) is 16.0. The summed E-state index contributed by atoms with van der Waals surface area (Å²) in [4.78, 5) is 0. The second-order valence-corrected chi connectivity index (χ2v) is 7.73. The Morgan fingerprint density at radius 2 is 1.05 bits per heavy atom. The van der Waals surface area contributed by atoms with Gasteiger partial charge < -0.3 is 0 Å². The highest BCUT2D eigenvalue weighted by Crippen LogP contribution is 2.12. The molecule has 0 amide bonds. The maximum absolute atomic E-state index is 11.3. The maximum atomic E-state index is 11.3. The Morgan fingerprint density at radius 3 is 1.48 bits per heavy atom. The van der Waals surface area contributed by atoms with Crippen molar-refractivity contribution >= 4 is 10.1 Å². The molecule has 0 unspecified atom stereocenters. The van der Waals surface area contributed by atoms with Crippen molar-refractivity contribution in [2.75, 3.05) is 12.4 Å². The van der Waals surface area contributed by atoms with Crippen LogP contribution in [0.4, 0.5) is 0 Å². The number of hydrogen-bond acceptors (Lipinski definition) is 3. The minimum atomic E-state index is -3.25. The SMILES string of the molecule is CCCCCCCCCCCCCCOS(=O)(=O)CCC. The van der Waals surface area contributed by atoms with E-state index in [0.717, 1.165) is 12.8 Å². The normalized spacial score (nSPS) is 11.9. The molecule has 0 spiro atoms. The molecule has 0 radical (unpaired) electrons. The number of unbranched alkanes of at least 4 members (excludes halogenated alkanes) is 11. The Bertz CT molecular complexity index is 299. The van der Waals surface area contributed by atoms with Crippen LogP contribution in [0.5, 0.6) is 0 Å². The third-order valence-electron chi connectivity index (χ3n) is 3.71. The van der Waals surface area contributed by atoms with Gasteiger partial charge in [-0.3, -0.25) is 4.18 Å². The lowest BCUT2D eigenvalue weighted by molar-refractivity contribution is 0.306. The molecule has 0 aliphatic heterocycles. The summed E-state index contributed by atoms with van der Waals surface area (Å²) in [7, 11) is -3.25. The van der Waals surface area contributed by atoms with E-state index in [9.17, 15) is 8.42 Å². The van der Waals surface area contributed by atoms with E-state index < -0.39 is 10.1 Å². The van der Waals surface area contributed by atoms with E-state index in [2.05, 4.69) is 6.92 Å². The highest BCUT2D eigenvalue weighted by Gasteiger charge is 2.08. The van der Waals surface area contributed by atoms with E-state index in [0.29, 0.717) is 13.0 Å². The van der Waals surface area contributed by atoms with Crippen LogP contribution >= 0.6 is 0 Å². The van der Waals surface area contributed by atoms with Crippen LogP contribution in [0.25, 0.3) is 0 Å². The van der Waals surface area contributed by atoms with Gasteiger partial charge in [0.1, 0.15) is 0 Å². The summed E-state index contributed by atoms with van der Waals surface area (Å²) in [5.41, 5.74) is 0. The summed E-state index contributed by atoms with van der Waals surface area (Å²) >= 11 is 0. The van der Waals surface area contributed by atoms with Crippen LogP contribution in [0.3, 0.4) is 0 Å². The van der Waals surface area contributed by atoms with Crippen LogP contribution in [0.2, 0.25) is 0 Å². The van der Waals surface area contributed by atoms with Gasteiger partial charge in [-0.25, -0.2) is 0 Å². The first-order chi connectivity index (χ1) is 10.1. The average Bonchev–Trinajstić information content (AvgIpc) is 2.44. The lowest BCUT2D eigenvalue weighted by Crippen LogP contribution is -2.10. The van der Waals surface area contributed by atoms with Crippen molar-refractivity contribution in [1.82, 2.24) is 0 Å². The van der Waals surface area contributed by atoms with Crippen LogP contribution < -0.4 is 0 Å². The average molecular weight is 321 g/mol. The molecule has 0 bridgehead atoms. The van der Waals surface area contributed by atoms with Gasteiger partial charge in [-0.05, 0) is 12.8 Å². The summed E-state index contributed by atoms with van der Waals surface area (Å²) in [6.45, 7) is 4.47. The molecule has 0 N–H and O–H groups in total. The summed E-state index contributed by atoms with van der Waals surface area (Å²) < 4.78 is 27.6. The Balaban J connectivity index is 3.16. The van der Waals surface area contributed by atoms with Crippen LogP contribution in [0, 0.1) is 0 Å². The van der Waals surface area contributed by atoms with E-state index in [4.69, 9.17) is 4.18 Å². The van der Waals surface area contributed by atoms with Crippen LogP contribution in [0.1, 0.15) is 97.3 Å². The fraction of sp³-hybridized carbons (Fsp3) is 1.00. The zero-order chi connectivity index (χ0) is 15.8. The molecule has 0 aliphatic carbocycles. The Labute approximate surface area is 133 Å². The molecule has 0 saturated heterocycles. The molecule has 0 rings (SSSR count). The lowest BCUT2D eigenvalue weighted by atomic mass is 10.1. The minimum absolute atomic E-state index is 0.144. The Morgan fingerprint density at radius 1 is 0.619 bits per heavy atom. The molecule has 0 heterocycles. The first kappa shape index (κ1) is 20.9. The quantitative estimate of drug-likeness (QED) is 0.281. The molecule has 0 aliphatic rings. The van der Waals surface area contributed by atoms with E-state index in [1.807, 2.05) is 6.92 Å². The smallest absolute Gasteiger partial charge is 0.267 e. The predicted molar refractivity (Wildman–Crippen MR) is 91.1 cm³/mol. The van der Waals surface area contributed by atoms with Gasteiger partial charge in [-0.1, -0.05) is 84.5 Å². The van der Waals surface area contributed by atoms with Crippen molar-refractivity contribution in [3.05, 3.63) is 0 Å². The number of rotatable bonds is 16. The Kier molecular flexibility index (Phi) is 14.8. The van der Waals surface area contributed by atoms with E-state index >= 15 is 0 Å². The molecule has 0 atom stereocenters. The maximum Gasteiger partial charge on any atom is 0.267 e. The molecular weight excluding hydrogens is 284 g/mol. The molecule has 3 nitrogen and oxygen atoms in total. The standard InChI is InChI=1S/C17H36O3S/c1-3-5-6-7-8-9-10-11-12-13-14-15-16-20-21(18,19)17-4-2/h3-17H2,1-2H3. The van der Waals surface area contributed by atoms with Gasteiger partial charge in [0.15, 0.2) is 0 Å². The molecular formula is C17H36O3S. The topological polar surface area (TPSA) is 43.4 Å². The number of hydrogen-bond donors (Lipinski definition) is 0. The van der Waals surface area contributed by atoms with Crippen molar-refractivity contribution in [2.45, 2.75) is 97.3 Å². The van der Waals surface area contributed by atoms with E-state index in [-0.39, 0.29) is 5.75 Å². The monoisotopic (exact) mass is 320 g/mol. The summed E-state index contributed by atoms with van der Waals surface area (Å²) in [5.74, 6) is 0.144. The molecule has 0 aromatic rings. The fourth-order valence-corrected chi connectivity index (χ4v) is 3.43. The van der Waals surface area contributed by atoms with E-state index in [1.165, 1.54) is 64.2 Å². The second-order valence-electron chi connectivity index (χ2n) is 5.97. The van der Waals surface area contributed by atoms with Gasteiger partial charge in [-0.2, -0.15) is 8.42 Å². The summed E-state index contributed by atoms with van der Waals surface area (Å²) in [5, 5.41) is 0. The summed E-state index contributed by atoms with van der Waals surface area (Å²) in [6, 6.07) is 0. The highest BCUT2D eigenvalue weighted by molar-refractivity contribution is 7.86. The van der Waals surface area contributed by atoms with Gasteiger partial charge in [0.2, 0.25) is 0 Å². The molecule has 21 heavy (non-hydrogen) atoms. The zero-order valence-electron chi connectivity index (χ0n) is 14.2. The largest absolute Gasteiger partial charge is 0.270 e. The third kappa shape index (κ3) is 16.1. The van der Waals surface area contributed by atoms with Gasteiger partial charge in [0.05, 0.1) is 12.4 Å². The van der Waals surface area contributed by atoms with E-state index in [1.54, 1.807) is 0 Å². The highest BCUT2D eigenvalue weighted by atomic mass is 32.2. The van der Waals surface area contributed by atoms with Crippen LogP contribution in [0.15, 0.2) is 0 Å². The van der Waals surface area contributed by atoms with Crippen LogP contribution in [-0.2, 0) is 14.3 Å². The first-order valence-electron chi connectivity index (χ1n) is 8.99. The van der Waals surface area contributed by atoms with Crippen LogP contribution in [-0.4, -0.2) is 20.8 Å². The molecule has 0 aromatic carbocycles. The second kappa shape index (κ2) is 14.8. The Hall–Kier alpha value is -0.0900. The zero-order valence-corrected chi connectivity index (χ0v) is 15.1. The third-order valence-corrected chi connectivity index (χ3v) is 5.15. The van der Waals surface area contributed by atoms with Gasteiger partial charge in [0.25, 0.3) is 10.1 Å². The van der Waals surface area contributed by atoms with Crippen molar-refractivity contribution in [2.24, 2.45) is 0 Å². The van der Waals surface area contributed by atoms with Crippen molar-refractivity contribution in [3.63, 3.8) is 0 Å². The minimum Gasteiger partial charge on any atom is -0.270 e. The van der Waals surface area contributed by atoms with Gasteiger partial charge >= 0.3 is 0 Å². The molecule has 0 saturated carbocycles. The molecule has 0 aromatic heterocycles. The van der Waals surface area contributed by atoms with Gasteiger partial charge in [-0.15, -0.1) is 0 Å². The molecule has 4 heteroatoms. The van der Waals surface area contributed by atoms with Crippen molar-refractivity contribution in [3.8, 4) is 0 Å². The molecule has 0 fully saturated rings. The fourth-order valence-electron chi connectivity index (χ4n) is 2.44. The van der Waals surface area contributed by atoms with Crippen molar-refractivity contribution in [1.29, 1.82) is 0 Å². The first-order valence-corrected chi connectivity index (χ1v) is 10.6.